The zero-order valence-electron chi connectivity index (χ0n) is 13.7. The lowest BCUT2D eigenvalue weighted by molar-refractivity contribution is -0.131. The molecule has 4 nitrogen and oxygen atoms in total. The summed E-state index contributed by atoms with van der Waals surface area (Å²) in [6.45, 7) is 6.21. The molecule has 0 radical (unpaired) electrons. The summed E-state index contributed by atoms with van der Waals surface area (Å²) < 4.78 is 0. The number of hydrogen-bond acceptors (Lipinski definition) is 2. The normalized spacial score (nSPS) is 11.3. The van der Waals surface area contributed by atoms with Gasteiger partial charge in [0.15, 0.2) is 0 Å². The van der Waals surface area contributed by atoms with Crippen LogP contribution >= 0.6 is 23.2 Å². The van der Waals surface area contributed by atoms with Gasteiger partial charge in [-0.2, -0.15) is 0 Å². The molecule has 0 aliphatic rings. The molecule has 0 bridgehead atoms. The summed E-state index contributed by atoms with van der Waals surface area (Å²) in [5.74, 6) is -0.411. The second-order valence-electron chi connectivity index (χ2n) is 5.19. The summed E-state index contributed by atoms with van der Waals surface area (Å²) >= 11 is 11.9. The van der Waals surface area contributed by atoms with Gasteiger partial charge in [-0.25, -0.2) is 0 Å². The summed E-state index contributed by atoms with van der Waals surface area (Å²) in [4.78, 5) is 26.1. The molecule has 0 fully saturated rings. The van der Waals surface area contributed by atoms with E-state index in [-0.39, 0.29) is 18.4 Å². The van der Waals surface area contributed by atoms with Gasteiger partial charge in [-0.15, -0.1) is 0 Å². The maximum atomic E-state index is 12.4. The highest BCUT2D eigenvalue weighted by molar-refractivity contribution is 6.36. The summed E-state index contributed by atoms with van der Waals surface area (Å²) in [5.41, 5.74) is 1.13. The minimum absolute atomic E-state index is 0.0134. The second kappa shape index (κ2) is 9.58. The van der Waals surface area contributed by atoms with E-state index in [2.05, 4.69) is 5.32 Å². The Hall–Kier alpha value is -1.52. The number of amides is 2. The molecule has 1 aromatic rings. The monoisotopic (exact) mass is 356 g/mol. The molecule has 0 heterocycles. The van der Waals surface area contributed by atoms with Crippen LogP contribution in [-0.2, 0) is 9.59 Å². The van der Waals surface area contributed by atoms with Crippen LogP contribution in [-0.4, -0.2) is 29.8 Å². The number of allylic oxidation sites excluding steroid dienone is 1. The molecule has 0 saturated carbocycles. The van der Waals surface area contributed by atoms with E-state index in [0.717, 1.165) is 12.8 Å². The number of rotatable bonds is 7. The predicted molar refractivity (Wildman–Crippen MR) is 96.0 cm³/mol. The number of carbonyl (C=O) groups is 2. The van der Waals surface area contributed by atoms with Crippen molar-refractivity contribution in [2.24, 2.45) is 0 Å². The van der Waals surface area contributed by atoms with Crippen molar-refractivity contribution in [2.75, 3.05) is 18.4 Å². The van der Waals surface area contributed by atoms with E-state index in [4.69, 9.17) is 23.2 Å². The molecule has 0 unspecified atom stereocenters. The van der Waals surface area contributed by atoms with E-state index >= 15 is 0 Å². The quantitative estimate of drug-likeness (QED) is 0.729. The number of anilines is 1. The van der Waals surface area contributed by atoms with Gasteiger partial charge in [-0.05, 0) is 38.0 Å². The lowest BCUT2D eigenvalue weighted by Crippen LogP contribution is -2.39. The van der Waals surface area contributed by atoms with Crippen LogP contribution in [0.5, 0.6) is 0 Å². The van der Waals surface area contributed by atoms with Gasteiger partial charge in [-0.3, -0.25) is 9.59 Å². The molecular formula is C17H22Cl2N2O2. The topological polar surface area (TPSA) is 49.4 Å². The molecule has 0 saturated heterocycles. The van der Waals surface area contributed by atoms with Gasteiger partial charge in [0.25, 0.3) is 0 Å². The maximum absolute atomic E-state index is 12.4. The lowest BCUT2D eigenvalue weighted by Gasteiger charge is -2.22. The van der Waals surface area contributed by atoms with E-state index < -0.39 is 0 Å². The molecule has 6 heteroatoms. The summed E-state index contributed by atoms with van der Waals surface area (Å²) in [7, 11) is 0. The fourth-order valence-corrected chi connectivity index (χ4v) is 2.57. The molecule has 0 atom stereocenters. The largest absolute Gasteiger partial charge is 0.330 e. The van der Waals surface area contributed by atoms with Crippen LogP contribution in [0, 0.1) is 0 Å². The Morgan fingerprint density at radius 1 is 1.26 bits per heavy atom. The maximum Gasteiger partial charge on any atom is 0.249 e. The molecule has 1 aromatic carbocycles. The van der Waals surface area contributed by atoms with Crippen LogP contribution in [0.2, 0.25) is 10.0 Å². The van der Waals surface area contributed by atoms with Crippen LogP contribution in [0.4, 0.5) is 5.69 Å². The van der Waals surface area contributed by atoms with Crippen molar-refractivity contribution in [1.29, 1.82) is 0 Å². The van der Waals surface area contributed by atoms with Crippen molar-refractivity contribution in [2.45, 2.75) is 33.6 Å². The van der Waals surface area contributed by atoms with Gasteiger partial charge in [0.05, 0.1) is 10.7 Å². The van der Waals surface area contributed by atoms with Gasteiger partial charge in [0.2, 0.25) is 11.8 Å². The van der Waals surface area contributed by atoms with Crippen LogP contribution in [0.3, 0.4) is 0 Å². The van der Waals surface area contributed by atoms with Gasteiger partial charge in [0, 0.05) is 17.1 Å². The van der Waals surface area contributed by atoms with Crippen molar-refractivity contribution in [3.8, 4) is 0 Å². The number of nitrogens with one attached hydrogen (secondary N) is 1. The molecular weight excluding hydrogens is 335 g/mol. The van der Waals surface area contributed by atoms with Crippen molar-refractivity contribution < 1.29 is 9.59 Å². The van der Waals surface area contributed by atoms with Crippen molar-refractivity contribution in [3.63, 3.8) is 0 Å². The van der Waals surface area contributed by atoms with Crippen LogP contribution in [0.1, 0.15) is 33.6 Å². The first-order chi connectivity index (χ1) is 10.9. The number of hydrogen-bond donors (Lipinski definition) is 1. The number of halogens is 2. The minimum atomic E-state index is -0.291. The first-order valence-corrected chi connectivity index (χ1v) is 8.35. The highest BCUT2D eigenvalue weighted by Crippen LogP contribution is 2.25. The van der Waals surface area contributed by atoms with Gasteiger partial charge >= 0.3 is 0 Å². The van der Waals surface area contributed by atoms with Gasteiger partial charge in [0.1, 0.15) is 6.54 Å². The van der Waals surface area contributed by atoms with Crippen LogP contribution < -0.4 is 5.32 Å². The Kier molecular flexibility index (Phi) is 8.13. The Balaban J connectivity index is 2.78. The molecule has 0 aliphatic heterocycles. The van der Waals surface area contributed by atoms with E-state index in [1.165, 1.54) is 0 Å². The molecule has 0 aromatic heterocycles. The molecule has 1 rings (SSSR count). The van der Waals surface area contributed by atoms with Crippen LogP contribution in [0.25, 0.3) is 0 Å². The van der Waals surface area contributed by atoms with E-state index in [0.29, 0.717) is 27.9 Å². The lowest BCUT2D eigenvalue weighted by atomic mass is 10.2. The van der Waals surface area contributed by atoms with Gasteiger partial charge in [-0.1, -0.05) is 43.1 Å². The van der Waals surface area contributed by atoms with E-state index in [1.807, 2.05) is 19.9 Å². The van der Waals surface area contributed by atoms with Crippen molar-refractivity contribution in [3.05, 3.63) is 39.9 Å². The van der Waals surface area contributed by atoms with Crippen molar-refractivity contribution >= 4 is 40.7 Å². The fourth-order valence-electron chi connectivity index (χ4n) is 2.12. The van der Waals surface area contributed by atoms with E-state index in [1.54, 1.807) is 30.0 Å². The average molecular weight is 357 g/mol. The van der Waals surface area contributed by atoms with Crippen molar-refractivity contribution in [1.82, 2.24) is 4.90 Å². The molecule has 23 heavy (non-hydrogen) atoms. The zero-order valence-corrected chi connectivity index (χ0v) is 15.2. The third kappa shape index (κ3) is 6.24. The smallest absolute Gasteiger partial charge is 0.249 e. The Labute approximate surface area is 147 Å². The number of nitrogens with zero attached hydrogens (tertiary/aromatic N) is 1. The highest BCUT2D eigenvalue weighted by atomic mass is 35.5. The predicted octanol–water partition coefficient (Wildman–Crippen LogP) is 4.53. The molecule has 1 N–H and O–H groups in total. The first kappa shape index (κ1) is 19.5. The Bertz CT molecular complexity index is 600. The second-order valence-corrected chi connectivity index (χ2v) is 6.04. The average Bonchev–Trinajstić information content (AvgIpc) is 2.49. The number of benzene rings is 1. The molecule has 0 spiro atoms. The summed E-state index contributed by atoms with van der Waals surface area (Å²) in [5, 5.41) is 3.57. The van der Waals surface area contributed by atoms with Crippen LogP contribution in [0.15, 0.2) is 29.8 Å². The highest BCUT2D eigenvalue weighted by Gasteiger charge is 2.18. The SMILES string of the molecule is CC/C=C(\C)C(=O)N(CCC)CC(=O)Nc1ccc(Cl)cc1Cl. The number of carbonyl (C=O) groups excluding carboxylic acids is 2. The fraction of sp³-hybridized carbons (Fsp3) is 0.412. The minimum Gasteiger partial charge on any atom is -0.330 e. The van der Waals surface area contributed by atoms with E-state index in [9.17, 15) is 9.59 Å². The summed E-state index contributed by atoms with van der Waals surface area (Å²) in [6.07, 6.45) is 3.42. The van der Waals surface area contributed by atoms with Gasteiger partial charge < -0.3 is 10.2 Å². The zero-order chi connectivity index (χ0) is 17.4. The third-order valence-electron chi connectivity index (χ3n) is 3.17. The first-order valence-electron chi connectivity index (χ1n) is 7.59. The standard InChI is InChI=1S/C17H22Cl2N2O2/c1-4-6-12(3)17(23)21(9-5-2)11-16(22)20-15-8-7-13(18)10-14(15)19/h6-8,10H,4-5,9,11H2,1-3H3,(H,20,22)/b12-6+. The third-order valence-corrected chi connectivity index (χ3v) is 3.72. The molecule has 0 aliphatic carbocycles. The summed E-state index contributed by atoms with van der Waals surface area (Å²) in [6, 6.07) is 4.84. The Morgan fingerprint density at radius 3 is 2.52 bits per heavy atom. The Morgan fingerprint density at radius 2 is 1.96 bits per heavy atom. The molecule has 2 amide bonds. The molecule has 126 valence electrons.